The number of amides is 1. The number of hydrogen-bond donors (Lipinski definition) is 1. The number of hydrogen-bond acceptors (Lipinski definition) is 5. The summed E-state index contributed by atoms with van der Waals surface area (Å²) in [5, 5.41) is 7.28. The van der Waals surface area contributed by atoms with Crippen molar-refractivity contribution in [3.05, 3.63) is 88.5 Å². The summed E-state index contributed by atoms with van der Waals surface area (Å²) in [5.74, 6) is 0.0174. The van der Waals surface area contributed by atoms with Crippen LogP contribution in [0.1, 0.15) is 10.5 Å². The van der Waals surface area contributed by atoms with Gasteiger partial charge in [-0.3, -0.25) is 9.59 Å². The highest BCUT2D eigenvalue weighted by Gasteiger charge is 2.20. The Bertz CT molecular complexity index is 1350. The average molecular weight is 403 g/mol. The van der Waals surface area contributed by atoms with E-state index in [-0.39, 0.29) is 12.5 Å². The Balaban J connectivity index is 1.60. The maximum absolute atomic E-state index is 13.4. The van der Waals surface area contributed by atoms with Gasteiger partial charge in [-0.05, 0) is 48.5 Å². The zero-order chi connectivity index (χ0) is 20.7. The summed E-state index contributed by atoms with van der Waals surface area (Å²) in [4.78, 5) is 25.8. The highest BCUT2D eigenvalue weighted by molar-refractivity contribution is 6.04. The molecule has 0 spiro atoms. The summed E-state index contributed by atoms with van der Waals surface area (Å²) in [6.45, 7) is 0.112. The molecule has 4 aromatic rings. The molecule has 0 saturated heterocycles. The van der Waals surface area contributed by atoms with Crippen molar-refractivity contribution in [1.82, 2.24) is 9.78 Å². The first-order valence-electron chi connectivity index (χ1n) is 9.09. The number of para-hydroxylation sites is 1. The smallest absolute Gasteiger partial charge is 0.280 e. The number of halogens is 1. The lowest BCUT2D eigenvalue weighted by molar-refractivity contribution is 0.102. The predicted molar refractivity (Wildman–Crippen MR) is 108 cm³/mol. The molecule has 0 radical (unpaired) electrons. The number of nitrogens with one attached hydrogen (secondary N) is 1. The lowest BCUT2D eigenvalue weighted by atomic mass is 10.1. The van der Waals surface area contributed by atoms with Crippen molar-refractivity contribution in [2.75, 3.05) is 12.1 Å². The molecule has 2 heterocycles. The van der Waals surface area contributed by atoms with Gasteiger partial charge in [0.2, 0.25) is 12.2 Å². The number of fused-ring (bicyclic) bond motifs is 2. The minimum absolute atomic E-state index is 0.112. The third-order valence-corrected chi connectivity index (χ3v) is 4.71. The fourth-order valence-corrected chi connectivity index (χ4v) is 3.27. The largest absolute Gasteiger partial charge is 0.454 e. The molecule has 0 aliphatic carbocycles. The molecule has 0 saturated carbocycles. The van der Waals surface area contributed by atoms with Crippen LogP contribution in [0.25, 0.3) is 16.6 Å². The summed E-state index contributed by atoms with van der Waals surface area (Å²) < 4.78 is 25.4. The van der Waals surface area contributed by atoms with Gasteiger partial charge in [-0.2, -0.15) is 5.10 Å². The molecule has 30 heavy (non-hydrogen) atoms. The number of carbonyl (C=O) groups is 1. The van der Waals surface area contributed by atoms with E-state index in [0.29, 0.717) is 33.8 Å². The van der Waals surface area contributed by atoms with Crippen molar-refractivity contribution < 1.29 is 18.7 Å². The molecule has 5 rings (SSSR count). The summed E-state index contributed by atoms with van der Waals surface area (Å²) in [5.41, 5.74) is 0.684. The molecule has 1 amide bonds. The molecule has 0 bridgehead atoms. The second kappa shape index (κ2) is 7.00. The van der Waals surface area contributed by atoms with E-state index in [0.717, 1.165) is 0 Å². The molecular weight excluding hydrogens is 389 g/mol. The molecule has 0 atom stereocenters. The van der Waals surface area contributed by atoms with Crippen LogP contribution in [0.2, 0.25) is 0 Å². The molecular formula is C22H14FN3O4. The average Bonchev–Trinajstić information content (AvgIpc) is 3.23. The molecule has 1 N–H and O–H groups in total. The molecule has 1 aromatic heterocycles. The van der Waals surface area contributed by atoms with Crippen LogP contribution < -0.4 is 20.2 Å². The molecule has 1 aliphatic heterocycles. The minimum atomic E-state index is -0.666. The summed E-state index contributed by atoms with van der Waals surface area (Å²) in [6, 6.07) is 17.4. The van der Waals surface area contributed by atoms with E-state index in [1.807, 2.05) is 0 Å². The SMILES string of the molecule is O=C(Nc1ccc2c(c1)OCO2)c1nn(-c2ccc(F)cc2)c2ccccc2c1=O. The zero-order valence-electron chi connectivity index (χ0n) is 15.5. The minimum Gasteiger partial charge on any atom is -0.454 e. The summed E-state index contributed by atoms with van der Waals surface area (Å²) >= 11 is 0. The highest BCUT2D eigenvalue weighted by atomic mass is 19.1. The number of nitrogens with zero attached hydrogens (tertiary/aromatic N) is 2. The summed E-state index contributed by atoms with van der Waals surface area (Å²) in [7, 11) is 0. The zero-order valence-corrected chi connectivity index (χ0v) is 15.5. The van der Waals surface area contributed by atoms with Crippen LogP contribution in [0.5, 0.6) is 11.5 Å². The van der Waals surface area contributed by atoms with Crippen LogP contribution in [-0.4, -0.2) is 22.5 Å². The van der Waals surface area contributed by atoms with Gasteiger partial charge < -0.3 is 14.8 Å². The molecule has 0 unspecified atom stereocenters. The Morgan fingerprint density at radius 3 is 2.60 bits per heavy atom. The molecule has 8 heteroatoms. The molecule has 1 aliphatic rings. The number of anilines is 1. The Morgan fingerprint density at radius 2 is 1.77 bits per heavy atom. The van der Waals surface area contributed by atoms with Gasteiger partial charge in [0.25, 0.3) is 5.91 Å². The number of carbonyl (C=O) groups excluding carboxylic acids is 1. The van der Waals surface area contributed by atoms with Gasteiger partial charge in [0.15, 0.2) is 17.2 Å². The maximum Gasteiger partial charge on any atom is 0.280 e. The van der Waals surface area contributed by atoms with Crippen LogP contribution >= 0.6 is 0 Å². The number of ether oxygens (including phenoxy) is 2. The monoisotopic (exact) mass is 403 g/mol. The van der Waals surface area contributed by atoms with E-state index in [2.05, 4.69) is 10.4 Å². The molecule has 0 fully saturated rings. The van der Waals surface area contributed by atoms with Crippen molar-refractivity contribution in [2.45, 2.75) is 0 Å². The van der Waals surface area contributed by atoms with E-state index >= 15 is 0 Å². The second-order valence-electron chi connectivity index (χ2n) is 6.61. The topological polar surface area (TPSA) is 82.4 Å². The van der Waals surface area contributed by atoms with Crippen molar-refractivity contribution in [3.63, 3.8) is 0 Å². The van der Waals surface area contributed by atoms with E-state index in [1.54, 1.807) is 42.5 Å². The first-order valence-corrected chi connectivity index (χ1v) is 9.09. The first-order chi connectivity index (χ1) is 14.6. The fraction of sp³-hybridized carbons (Fsp3) is 0.0455. The van der Waals surface area contributed by atoms with E-state index in [9.17, 15) is 14.0 Å². The van der Waals surface area contributed by atoms with E-state index in [1.165, 1.54) is 28.9 Å². The van der Waals surface area contributed by atoms with Crippen LogP contribution in [0.15, 0.2) is 71.5 Å². The van der Waals surface area contributed by atoms with Crippen molar-refractivity contribution in [2.24, 2.45) is 0 Å². The van der Waals surface area contributed by atoms with Crippen LogP contribution in [0.3, 0.4) is 0 Å². The number of benzene rings is 3. The number of rotatable bonds is 3. The quantitative estimate of drug-likeness (QED) is 0.566. The fourth-order valence-electron chi connectivity index (χ4n) is 3.27. The standard InChI is InChI=1S/C22H14FN3O4/c23-13-5-8-15(9-6-13)26-17-4-2-1-3-16(17)21(27)20(25-26)22(28)24-14-7-10-18-19(11-14)30-12-29-18/h1-11H,12H2,(H,24,28). The maximum atomic E-state index is 13.4. The Kier molecular flexibility index (Phi) is 4.17. The highest BCUT2D eigenvalue weighted by Crippen LogP contribution is 2.34. The van der Waals surface area contributed by atoms with Crippen molar-refractivity contribution in [1.29, 1.82) is 0 Å². The molecule has 7 nitrogen and oxygen atoms in total. The van der Waals surface area contributed by atoms with Gasteiger partial charge in [-0.25, -0.2) is 9.07 Å². The number of aromatic nitrogens is 2. The Labute approximate surface area is 169 Å². The van der Waals surface area contributed by atoms with Gasteiger partial charge in [0, 0.05) is 11.8 Å². The van der Waals surface area contributed by atoms with Crippen LogP contribution in [-0.2, 0) is 0 Å². The third-order valence-electron chi connectivity index (χ3n) is 4.71. The van der Waals surface area contributed by atoms with Crippen LogP contribution in [0.4, 0.5) is 10.1 Å². The summed E-state index contributed by atoms with van der Waals surface area (Å²) in [6.07, 6.45) is 0. The van der Waals surface area contributed by atoms with E-state index in [4.69, 9.17) is 9.47 Å². The Hall–Kier alpha value is -4.20. The van der Waals surface area contributed by atoms with Gasteiger partial charge in [-0.15, -0.1) is 0 Å². The van der Waals surface area contributed by atoms with Gasteiger partial charge >= 0.3 is 0 Å². The first kappa shape index (κ1) is 17.9. The lowest BCUT2D eigenvalue weighted by Gasteiger charge is -2.12. The lowest BCUT2D eigenvalue weighted by Crippen LogP contribution is -2.26. The normalized spacial score (nSPS) is 12.2. The van der Waals surface area contributed by atoms with Gasteiger partial charge in [0.1, 0.15) is 5.82 Å². The van der Waals surface area contributed by atoms with Crippen molar-refractivity contribution >= 4 is 22.5 Å². The van der Waals surface area contributed by atoms with Crippen LogP contribution in [0, 0.1) is 5.82 Å². The van der Waals surface area contributed by atoms with E-state index < -0.39 is 17.2 Å². The predicted octanol–water partition coefficient (Wildman–Crippen LogP) is 3.51. The third kappa shape index (κ3) is 3.04. The van der Waals surface area contributed by atoms with Crippen molar-refractivity contribution in [3.8, 4) is 17.2 Å². The molecule has 148 valence electrons. The molecule has 3 aromatic carbocycles. The van der Waals surface area contributed by atoms with Gasteiger partial charge in [-0.1, -0.05) is 12.1 Å². The Morgan fingerprint density at radius 1 is 1.00 bits per heavy atom. The second-order valence-corrected chi connectivity index (χ2v) is 6.61. The van der Waals surface area contributed by atoms with Gasteiger partial charge in [0.05, 0.1) is 16.6 Å².